The smallest absolute Gasteiger partial charge is 0.251 e. The first kappa shape index (κ1) is 18.7. The summed E-state index contributed by atoms with van der Waals surface area (Å²) in [5, 5.41) is 0. The SMILES string of the molecule is CCc1cc2ncc(CN3CCN(c4cn5cc(C)nc5cn4)CC3)cc2[nH]c1=O. The Balaban J connectivity index is 1.26. The lowest BCUT2D eigenvalue weighted by Gasteiger charge is -2.35. The number of fused-ring (bicyclic) bond motifs is 2. The van der Waals surface area contributed by atoms with Crippen LogP contribution in [0.4, 0.5) is 5.82 Å². The Labute approximate surface area is 174 Å². The molecule has 1 fully saturated rings. The maximum Gasteiger partial charge on any atom is 0.251 e. The van der Waals surface area contributed by atoms with Crippen LogP contribution in [0.1, 0.15) is 23.7 Å². The van der Waals surface area contributed by atoms with Gasteiger partial charge in [0.15, 0.2) is 5.65 Å². The molecular formula is C22H25N7O. The van der Waals surface area contributed by atoms with Gasteiger partial charge in [0.05, 0.1) is 29.1 Å². The lowest BCUT2D eigenvalue weighted by molar-refractivity contribution is 0.249. The molecule has 0 spiro atoms. The summed E-state index contributed by atoms with van der Waals surface area (Å²) in [5.74, 6) is 0.983. The molecule has 5 rings (SSSR count). The number of rotatable bonds is 4. The molecule has 30 heavy (non-hydrogen) atoms. The molecule has 0 saturated carbocycles. The fraction of sp³-hybridized carbons (Fsp3) is 0.364. The molecule has 0 atom stereocenters. The molecule has 0 bridgehead atoms. The highest BCUT2D eigenvalue weighted by molar-refractivity contribution is 5.74. The molecule has 1 aliphatic heterocycles. The summed E-state index contributed by atoms with van der Waals surface area (Å²) >= 11 is 0. The van der Waals surface area contributed by atoms with E-state index in [0.29, 0.717) is 6.42 Å². The Bertz CT molecular complexity index is 1270. The largest absolute Gasteiger partial charge is 0.353 e. The number of pyridine rings is 2. The van der Waals surface area contributed by atoms with Crippen LogP contribution < -0.4 is 10.5 Å². The van der Waals surface area contributed by atoms with E-state index in [9.17, 15) is 4.79 Å². The number of nitrogens with one attached hydrogen (secondary N) is 1. The number of hydrogen-bond donors (Lipinski definition) is 1. The minimum Gasteiger partial charge on any atom is -0.353 e. The molecule has 8 nitrogen and oxygen atoms in total. The van der Waals surface area contributed by atoms with Crippen LogP contribution in [0.5, 0.6) is 0 Å². The van der Waals surface area contributed by atoms with Gasteiger partial charge in [-0.25, -0.2) is 9.97 Å². The van der Waals surface area contributed by atoms with Gasteiger partial charge in [0.1, 0.15) is 5.82 Å². The van der Waals surface area contributed by atoms with E-state index in [-0.39, 0.29) is 5.56 Å². The van der Waals surface area contributed by atoms with Crippen LogP contribution in [0.3, 0.4) is 0 Å². The number of anilines is 1. The van der Waals surface area contributed by atoms with Crippen molar-refractivity contribution >= 4 is 22.5 Å². The number of hydrogen-bond acceptors (Lipinski definition) is 6. The lowest BCUT2D eigenvalue weighted by Crippen LogP contribution is -2.46. The van der Waals surface area contributed by atoms with Crippen LogP contribution >= 0.6 is 0 Å². The van der Waals surface area contributed by atoms with E-state index in [1.807, 2.05) is 49.0 Å². The molecule has 4 aromatic rings. The average molecular weight is 403 g/mol. The van der Waals surface area contributed by atoms with Crippen LogP contribution in [-0.2, 0) is 13.0 Å². The minimum absolute atomic E-state index is 0.0184. The molecule has 8 heteroatoms. The molecule has 0 amide bonds. The van der Waals surface area contributed by atoms with E-state index < -0.39 is 0 Å². The highest BCUT2D eigenvalue weighted by Crippen LogP contribution is 2.17. The Hall–Kier alpha value is -3.26. The third-order valence-electron chi connectivity index (χ3n) is 5.76. The van der Waals surface area contributed by atoms with Crippen molar-refractivity contribution in [3.05, 3.63) is 64.1 Å². The molecule has 0 aliphatic carbocycles. The van der Waals surface area contributed by atoms with Crippen molar-refractivity contribution in [1.29, 1.82) is 0 Å². The number of nitrogens with zero attached hydrogens (tertiary/aromatic N) is 6. The molecular weight excluding hydrogens is 378 g/mol. The maximum atomic E-state index is 12.1. The van der Waals surface area contributed by atoms with Crippen LogP contribution in [-0.4, -0.2) is 55.4 Å². The molecule has 5 heterocycles. The number of aromatic amines is 1. The molecule has 0 radical (unpaired) electrons. The van der Waals surface area contributed by atoms with Gasteiger partial charge in [-0.1, -0.05) is 6.92 Å². The zero-order valence-corrected chi connectivity index (χ0v) is 17.3. The van der Waals surface area contributed by atoms with Gasteiger partial charge in [0, 0.05) is 50.7 Å². The summed E-state index contributed by atoms with van der Waals surface area (Å²) in [6, 6.07) is 3.94. The highest BCUT2D eigenvalue weighted by Gasteiger charge is 2.19. The quantitative estimate of drug-likeness (QED) is 0.562. The monoisotopic (exact) mass is 403 g/mol. The number of imidazole rings is 1. The summed E-state index contributed by atoms with van der Waals surface area (Å²) in [6.07, 6.45) is 8.54. The van der Waals surface area contributed by atoms with Crippen molar-refractivity contribution in [3.8, 4) is 0 Å². The predicted octanol–water partition coefficient (Wildman–Crippen LogP) is 2.16. The van der Waals surface area contributed by atoms with Gasteiger partial charge in [-0.2, -0.15) is 0 Å². The van der Waals surface area contributed by atoms with Crippen LogP contribution in [0.15, 0.2) is 41.7 Å². The standard InChI is InChI=1S/C22H25N7O/c1-3-17-9-18-19(26-22(17)30)8-16(10-23-18)13-27-4-6-28(7-5-27)21-14-29-12-15(2)25-20(29)11-24-21/h8-12,14H,3-7,13H2,1-2H3,(H,26,30). The molecule has 1 saturated heterocycles. The first-order valence-corrected chi connectivity index (χ1v) is 10.4. The number of piperazine rings is 1. The van der Waals surface area contributed by atoms with Gasteiger partial charge in [-0.05, 0) is 31.0 Å². The summed E-state index contributed by atoms with van der Waals surface area (Å²) in [4.78, 5) is 33.4. The van der Waals surface area contributed by atoms with Gasteiger partial charge in [0.25, 0.3) is 5.56 Å². The summed E-state index contributed by atoms with van der Waals surface area (Å²) in [5.41, 5.74) is 5.39. The second kappa shape index (κ2) is 7.53. The molecule has 154 valence electrons. The van der Waals surface area contributed by atoms with Crippen molar-refractivity contribution in [2.45, 2.75) is 26.8 Å². The van der Waals surface area contributed by atoms with Crippen LogP contribution in [0.25, 0.3) is 16.7 Å². The fourth-order valence-corrected chi connectivity index (χ4v) is 4.09. The van der Waals surface area contributed by atoms with Gasteiger partial charge < -0.3 is 14.3 Å². The zero-order chi connectivity index (χ0) is 20.7. The summed E-state index contributed by atoms with van der Waals surface area (Å²) < 4.78 is 2.04. The lowest BCUT2D eigenvalue weighted by atomic mass is 10.1. The fourth-order valence-electron chi connectivity index (χ4n) is 4.09. The van der Waals surface area contributed by atoms with Crippen molar-refractivity contribution in [3.63, 3.8) is 0 Å². The minimum atomic E-state index is -0.0184. The van der Waals surface area contributed by atoms with Crippen molar-refractivity contribution in [1.82, 2.24) is 29.2 Å². The third kappa shape index (κ3) is 3.54. The normalized spacial score (nSPS) is 15.3. The first-order valence-electron chi connectivity index (χ1n) is 10.4. The van der Waals surface area contributed by atoms with Crippen LogP contribution in [0, 0.1) is 6.92 Å². The number of aromatic nitrogens is 5. The van der Waals surface area contributed by atoms with Gasteiger partial charge in [0.2, 0.25) is 0 Å². The zero-order valence-electron chi connectivity index (χ0n) is 17.3. The van der Waals surface area contributed by atoms with Crippen molar-refractivity contribution in [2.75, 3.05) is 31.1 Å². The van der Waals surface area contributed by atoms with Crippen molar-refractivity contribution < 1.29 is 0 Å². The average Bonchev–Trinajstić information content (AvgIpc) is 3.13. The summed E-state index contributed by atoms with van der Waals surface area (Å²) in [7, 11) is 0. The van der Waals surface area contributed by atoms with Gasteiger partial charge in [-0.3, -0.25) is 14.7 Å². The van der Waals surface area contributed by atoms with Gasteiger partial charge in [-0.15, -0.1) is 0 Å². The Kier molecular flexibility index (Phi) is 4.71. The van der Waals surface area contributed by atoms with E-state index in [1.54, 1.807) is 0 Å². The number of H-pyrrole nitrogens is 1. The Morgan fingerprint density at radius 3 is 2.70 bits per heavy atom. The Morgan fingerprint density at radius 2 is 1.90 bits per heavy atom. The highest BCUT2D eigenvalue weighted by atomic mass is 16.1. The predicted molar refractivity (Wildman–Crippen MR) is 117 cm³/mol. The molecule has 0 aromatic carbocycles. The summed E-state index contributed by atoms with van der Waals surface area (Å²) in [6.45, 7) is 8.53. The number of aryl methyl sites for hydroxylation is 2. The van der Waals surface area contributed by atoms with E-state index in [2.05, 4.69) is 35.9 Å². The van der Waals surface area contributed by atoms with Crippen molar-refractivity contribution in [2.24, 2.45) is 0 Å². The third-order valence-corrected chi connectivity index (χ3v) is 5.76. The molecule has 0 unspecified atom stereocenters. The van der Waals surface area contributed by atoms with E-state index in [0.717, 1.165) is 72.0 Å². The second-order valence-corrected chi connectivity index (χ2v) is 7.91. The molecule has 1 aliphatic rings. The van der Waals surface area contributed by atoms with Gasteiger partial charge >= 0.3 is 0 Å². The van der Waals surface area contributed by atoms with E-state index in [1.165, 1.54) is 0 Å². The molecule has 1 N–H and O–H groups in total. The van der Waals surface area contributed by atoms with E-state index >= 15 is 0 Å². The van der Waals surface area contributed by atoms with E-state index in [4.69, 9.17) is 0 Å². The first-order chi connectivity index (χ1) is 14.6. The Morgan fingerprint density at radius 1 is 1.07 bits per heavy atom. The second-order valence-electron chi connectivity index (χ2n) is 7.91. The maximum absolute atomic E-state index is 12.1. The molecule has 4 aromatic heterocycles. The topological polar surface area (TPSA) is 82.4 Å². The van der Waals surface area contributed by atoms with Crippen LogP contribution in [0.2, 0.25) is 0 Å².